The van der Waals surface area contributed by atoms with Crippen LogP contribution in [0.2, 0.25) is 0 Å². The van der Waals surface area contributed by atoms with Gasteiger partial charge in [-0.1, -0.05) is 54.0 Å². The molecule has 0 aromatic heterocycles. The van der Waals surface area contributed by atoms with Crippen LogP contribution in [0, 0.1) is 12.8 Å². The summed E-state index contributed by atoms with van der Waals surface area (Å²) in [6.07, 6.45) is 0.658. The molecule has 3 rings (SSSR count). The average molecular weight is 310 g/mol. The molecule has 1 fully saturated rings. The molecule has 3 N–H and O–H groups in total. The van der Waals surface area contributed by atoms with Gasteiger partial charge in [0.25, 0.3) is 0 Å². The molecule has 0 saturated carbocycles. The first kappa shape index (κ1) is 15.6. The van der Waals surface area contributed by atoms with E-state index in [1.54, 1.807) is 12.1 Å². The Morgan fingerprint density at radius 2 is 1.61 bits per heavy atom. The van der Waals surface area contributed by atoms with Gasteiger partial charge in [-0.25, -0.2) is 0 Å². The van der Waals surface area contributed by atoms with Crippen LogP contribution in [0.4, 0.5) is 0 Å². The number of phenols is 1. The monoisotopic (exact) mass is 310 g/mol. The van der Waals surface area contributed by atoms with Crippen LogP contribution < -0.4 is 5.32 Å². The molecule has 4 heteroatoms. The highest BCUT2D eigenvalue weighted by Crippen LogP contribution is 2.35. The average Bonchev–Trinajstić information content (AvgIpc) is 2.57. The van der Waals surface area contributed by atoms with E-state index in [2.05, 4.69) is 48.6 Å². The maximum Gasteiger partial charge on any atom is 0.115 e. The molecule has 23 heavy (non-hydrogen) atoms. The molecule has 0 bridgehead atoms. The predicted molar refractivity (Wildman–Crippen MR) is 90.9 cm³/mol. The zero-order valence-electron chi connectivity index (χ0n) is 13.4. The first-order chi connectivity index (χ1) is 11.1. The van der Waals surface area contributed by atoms with Crippen LogP contribution in [0.3, 0.4) is 0 Å². The Kier molecular flexibility index (Phi) is 4.35. The van der Waals surface area contributed by atoms with Gasteiger partial charge in [0.1, 0.15) is 5.75 Å². The minimum atomic E-state index is 0.0593. The number of hydrogen-bond donors (Lipinski definition) is 3. The number of benzene rings is 2. The van der Waals surface area contributed by atoms with E-state index in [1.807, 2.05) is 12.1 Å². The van der Waals surface area contributed by atoms with Crippen molar-refractivity contribution < 1.29 is 10.3 Å². The summed E-state index contributed by atoms with van der Waals surface area (Å²) in [7, 11) is 0. The number of aryl methyl sites for hydroxylation is 1. The van der Waals surface area contributed by atoms with Crippen molar-refractivity contribution >= 4 is 5.71 Å². The van der Waals surface area contributed by atoms with Crippen LogP contribution in [0.15, 0.2) is 53.7 Å². The molecule has 1 saturated heterocycles. The standard InChI is InChI=1S/C19H22N2O2/c1-12-3-5-15(6-4-12)19-13(2)17(21-23)11-18(20-19)14-7-9-16(22)10-8-14/h3-10,13,18-20,22-23H,11H2,1-2H3/b21-17-. The van der Waals surface area contributed by atoms with Crippen molar-refractivity contribution in [1.82, 2.24) is 5.32 Å². The Balaban J connectivity index is 1.92. The number of hydrogen-bond acceptors (Lipinski definition) is 4. The van der Waals surface area contributed by atoms with Crippen LogP contribution in [0.25, 0.3) is 0 Å². The lowest BCUT2D eigenvalue weighted by Gasteiger charge is -2.37. The Bertz CT molecular complexity index is 692. The van der Waals surface area contributed by atoms with Crippen molar-refractivity contribution in [3.8, 4) is 5.75 Å². The van der Waals surface area contributed by atoms with E-state index in [0.29, 0.717) is 6.42 Å². The van der Waals surface area contributed by atoms with Gasteiger partial charge in [0.15, 0.2) is 0 Å². The number of rotatable bonds is 2. The van der Waals surface area contributed by atoms with Crippen molar-refractivity contribution in [1.29, 1.82) is 0 Å². The third-order valence-corrected chi connectivity index (χ3v) is 4.68. The van der Waals surface area contributed by atoms with Gasteiger partial charge >= 0.3 is 0 Å². The van der Waals surface area contributed by atoms with E-state index >= 15 is 0 Å². The van der Waals surface area contributed by atoms with E-state index in [0.717, 1.165) is 11.3 Å². The summed E-state index contributed by atoms with van der Waals surface area (Å²) in [5, 5.41) is 26.1. The topological polar surface area (TPSA) is 64.8 Å². The summed E-state index contributed by atoms with van der Waals surface area (Å²) in [5.74, 6) is 0.375. The van der Waals surface area contributed by atoms with Crippen LogP contribution in [0.5, 0.6) is 5.75 Å². The highest BCUT2D eigenvalue weighted by Gasteiger charge is 2.33. The highest BCUT2D eigenvalue weighted by atomic mass is 16.4. The Hall–Kier alpha value is -2.33. The van der Waals surface area contributed by atoms with Gasteiger partial charge < -0.3 is 15.6 Å². The fourth-order valence-electron chi connectivity index (χ4n) is 3.22. The second-order valence-corrected chi connectivity index (χ2v) is 6.28. The van der Waals surface area contributed by atoms with Gasteiger partial charge in [0, 0.05) is 24.4 Å². The number of oxime groups is 1. The van der Waals surface area contributed by atoms with E-state index in [-0.39, 0.29) is 23.8 Å². The minimum absolute atomic E-state index is 0.0593. The number of aromatic hydroxyl groups is 1. The first-order valence-corrected chi connectivity index (χ1v) is 7.91. The lowest BCUT2D eigenvalue weighted by Crippen LogP contribution is -2.41. The Labute approximate surface area is 136 Å². The Morgan fingerprint density at radius 3 is 2.22 bits per heavy atom. The summed E-state index contributed by atoms with van der Waals surface area (Å²) >= 11 is 0. The summed E-state index contributed by atoms with van der Waals surface area (Å²) < 4.78 is 0. The SMILES string of the molecule is Cc1ccc(C2NC(c3ccc(O)cc3)C/C(=N/O)C2C)cc1. The number of nitrogens with one attached hydrogen (secondary N) is 1. The van der Waals surface area contributed by atoms with Gasteiger partial charge in [0.05, 0.1) is 5.71 Å². The molecule has 0 aliphatic carbocycles. The van der Waals surface area contributed by atoms with Crippen molar-refractivity contribution in [3.05, 3.63) is 65.2 Å². The fourth-order valence-corrected chi connectivity index (χ4v) is 3.22. The van der Waals surface area contributed by atoms with Crippen molar-refractivity contribution in [2.24, 2.45) is 11.1 Å². The quantitative estimate of drug-likeness (QED) is 0.581. The normalized spacial score (nSPS) is 26.3. The van der Waals surface area contributed by atoms with Gasteiger partial charge in [-0.3, -0.25) is 0 Å². The lowest BCUT2D eigenvalue weighted by atomic mass is 9.81. The molecule has 0 radical (unpaired) electrons. The molecule has 3 atom stereocenters. The second-order valence-electron chi connectivity index (χ2n) is 6.28. The van der Waals surface area contributed by atoms with Crippen molar-refractivity contribution in [2.75, 3.05) is 0 Å². The number of piperidine rings is 1. The number of nitrogens with zero attached hydrogens (tertiary/aromatic N) is 1. The van der Waals surface area contributed by atoms with Crippen LogP contribution in [0.1, 0.15) is 42.1 Å². The summed E-state index contributed by atoms with van der Waals surface area (Å²) in [4.78, 5) is 0. The minimum Gasteiger partial charge on any atom is -0.508 e. The van der Waals surface area contributed by atoms with E-state index < -0.39 is 0 Å². The maximum absolute atomic E-state index is 9.47. The molecule has 1 aliphatic heterocycles. The highest BCUT2D eigenvalue weighted by molar-refractivity contribution is 5.88. The molecule has 2 aromatic rings. The molecule has 4 nitrogen and oxygen atoms in total. The summed E-state index contributed by atoms with van der Waals surface area (Å²) in [6, 6.07) is 15.8. The Morgan fingerprint density at radius 1 is 1.00 bits per heavy atom. The molecule has 0 amide bonds. The molecule has 2 aromatic carbocycles. The van der Waals surface area contributed by atoms with Crippen LogP contribution in [-0.2, 0) is 0 Å². The van der Waals surface area contributed by atoms with Crippen molar-refractivity contribution in [3.63, 3.8) is 0 Å². The smallest absolute Gasteiger partial charge is 0.115 e. The van der Waals surface area contributed by atoms with E-state index in [9.17, 15) is 10.3 Å². The zero-order valence-corrected chi connectivity index (χ0v) is 13.4. The summed E-state index contributed by atoms with van der Waals surface area (Å²) in [6.45, 7) is 4.15. The van der Waals surface area contributed by atoms with E-state index in [4.69, 9.17) is 0 Å². The fraction of sp³-hybridized carbons (Fsp3) is 0.316. The van der Waals surface area contributed by atoms with Gasteiger partial charge in [-0.2, -0.15) is 0 Å². The van der Waals surface area contributed by atoms with Crippen molar-refractivity contribution in [2.45, 2.75) is 32.4 Å². The maximum atomic E-state index is 9.47. The largest absolute Gasteiger partial charge is 0.508 e. The lowest BCUT2D eigenvalue weighted by molar-refractivity contribution is 0.294. The predicted octanol–water partition coefficient (Wildman–Crippen LogP) is 3.94. The molecule has 1 aliphatic rings. The van der Waals surface area contributed by atoms with Gasteiger partial charge in [0.2, 0.25) is 0 Å². The molecular weight excluding hydrogens is 288 g/mol. The van der Waals surface area contributed by atoms with E-state index in [1.165, 1.54) is 11.1 Å². The number of phenolic OH excluding ortho intramolecular Hbond substituents is 1. The first-order valence-electron chi connectivity index (χ1n) is 7.91. The third-order valence-electron chi connectivity index (χ3n) is 4.68. The third kappa shape index (κ3) is 3.22. The van der Waals surface area contributed by atoms with Crippen LogP contribution >= 0.6 is 0 Å². The van der Waals surface area contributed by atoms with Gasteiger partial charge in [-0.05, 0) is 30.2 Å². The second kappa shape index (κ2) is 6.42. The molecule has 0 spiro atoms. The van der Waals surface area contributed by atoms with Gasteiger partial charge in [-0.15, -0.1) is 0 Å². The van der Waals surface area contributed by atoms with Crippen LogP contribution in [-0.4, -0.2) is 16.0 Å². The zero-order chi connectivity index (χ0) is 16.4. The molecule has 120 valence electrons. The molecule has 1 heterocycles. The molecular formula is C19H22N2O2. The summed E-state index contributed by atoms with van der Waals surface area (Å²) in [5.41, 5.74) is 4.29. The molecule has 3 unspecified atom stereocenters.